The molecule has 0 saturated carbocycles. The molecule has 2 aliphatic rings. The maximum atomic E-state index is 14.2. The molecule has 2 aliphatic heterocycles. The summed E-state index contributed by atoms with van der Waals surface area (Å²) in [5.74, 6) is -1.22. The van der Waals surface area contributed by atoms with Gasteiger partial charge in [-0.25, -0.2) is 20.0 Å². The number of para-hydroxylation sites is 1. The minimum atomic E-state index is -0.945. The fourth-order valence-electron chi connectivity index (χ4n) is 5.45. The summed E-state index contributed by atoms with van der Waals surface area (Å²) in [6.07, 6.45) is 3.50. The normalized spacial score (nSPS) is 16.0. The number of thioether (sulfide) groups is 1. The zero-order valence-corrected chi connectivity index (χ0v) is 25.5. The van der Waals surface area contributed by atoms with Crippen molar-refractivity contribution in [2.24, 2.45) is 5.41 Å². The molecule has 5 amide bonds. The van der Waals surface area contributed by atoms with E-state index in [-0.39, 0.29) is 23.6 Å². The molecule has 3 aromatic rings. The summed E-state index contributed by atoms with van der Waals surface area (Å²) in [5, 5.41) is 12.8. The largest absolute Gasteiger partial charge is 0.481 e. The van der Waals surface area contributed by atoms with E-state index in [1.807, 2.05) is 53.4 Å². The summed E-state index contributed by atoms with van der Waals surface area (Å²) in [6.45, 7) is 5.33. The number of carbonyl (C=O) groups excluding carboxylic acids is 3. The van der Waals surface area contributed by atoms with E-state index >= 15 is 0 Å². The maximum Gasteiger partial charge on any atom is 0.347 e. The number of carboxylic acid groups (broad SMARTS) is 1. The van der Waals surface area contributed by atoms with Crippen molar-refractivity contribution in [1.82, 2.24) is 15.3 Å². The number of aliphatic carboxylic acids is 1. The van der Waals surface area contributed by atoms with Crippen LogP contribution in [0.3, 0.4) is 0 Å². The van der Waals surface area contributed by atoms with Crippen LogP contribution in [0.1, 0.15) is 37.8 Å². The molecule has 0 radical (unpaired) electrons. The van der Waals surface area contributed by atoms with Crippen molar-refractivity contribution in [1.29, 1.82) is 0 Å². The summed E-state index contributed by atoms with van der Waals surface area (Å²) < 4.78 is 0. The van der Waals surface area contributed by atoms with Crippen LogP contribution in [-0.4, -0.2) is 64.3 Å². The fourth-order valence-corrected chi connectivity index (χ4v) is 6.13. The van der Waals surface area contributed by atoms with Crippen molar-refractivity contribution in [2.75, 3.05) is 35.6 Å². The van der Waals surface area contributed by atoms with Gasteiger partial charge >= 0.3 is 18.0 Å². The summed E-state index contributed by atoms with van der Waals surface area (Å²) in [5.41, 5.74) is 5.89. The molecule has 44 heavy (non-hydrogen) atoms. The lowest BCUT2D eigenvalue weighted by Gasteiger charge is -2.39. The fraction of sp³-hybridized carbons (Fsp3) is 0.273. The van der Waals surface area contributed by atoms with E-state index in [4.69, 9.17) is 5.11 Å². The van der Waals surface area contributed by atoms with Crippen LogP contribution in [0.5, 0.6) is 0 Å². The van der Waals surface area contributed by atoms with Gasteiger partial charge in [0.05, 0.1) is 11.4 Å². The number of benzene rings is 3. The minimum absolute atomic E-state index is 0.00817. The van der Waals surface area contributed by atoms with Gasteiger partial charge in [0.2, 0.25) is 5.91 Å². The van der Waals surface area contributed by atoms with Gasteiger partial charge in [-0.05, 0) is 48.1 Å². The molecule has 0 spiro atoms. The number of carbonyl (C=O) groups is 4. The third-order valence-electron chi connectivity index (χ3n) is 7.49. The van der Waals surface area contributed by atoms with Gasteiger partial charge in [-0.15, -0.1) is 11.8 Å². The van der Waals surface area contributed by atoms with Crippen LogP contribution in [0.4, 0.5) is 21.0 Å². The van der Waals surface area contributed by atoms with Crippen molar-refractivity contribution >= 4 is 52.6 Å². The number of nitrogens with zero attached hydrogens (tertiary/aromatic N) is 3. The van der Waals surface area contributed by atoms with Gasteiger partial charge in [0.15, 0.2) is 0 Å². The third-order valence-corrected chi connectivity index (χ3v) is 8.47. The molecular formula is C33H35N5O5S. The SMILES string of the molecule is CC1(C)CCCN(C(=O)CN2C(=O)N(NC(=O)Nc3cccc(SCC(=O)O)c3)C=C(c3ccccc3)c3ccccc32)C1. The minimum Gasteiger partial charge on any atom is -0.481 e. The number of rotatable bonds is 8. The monoisotopic (exact) mass is 613 g/mol. The topological polar surface area (TPSA) is 122 Å². The molecule has 0 atom stereocenters. The van der Waals surface area contributed by atoms with Crippen molar-refractivity contribution in [2.45, 2.75) is 31.6 Å². The van der Waals surface area contributed by atoms with Crippen molar-refractivity contribution in [3.8, 4) is 0 Å². The van der Waals surface area contributed by atoms with E-state index in [1.54, 1.807) is 36.5 Å². The summed E-state index contributed by atoms with van der Waals surface area (Å²) in [6, 6.07) is 22.4. The molecule has 0 unspecified atom stereocenters. The smallest absolute Gasteiger partial charge is 0.347 e. The number of piperidine rings is 1. The lowest BCUT2D eigenvalue weighted by Crippen LogP contribution is -2.54. The Morgan fingerprint density at radius 3 is 2.48 bits per heavy atom. The average Bonchev–Trinajstić information content (AvgIpc) is 3.11. The lowest BCUT2D eigenvalue weighted by molar-refractivity contribution is -0.134. The highest BCUT2D eigenvalue weighted by Crippen LogP contribution is 2.36. The Kier molecular flexibility index (Phi) is 9.24. The number of urea groups is 2. The first-order valence-electron chi connectivity index (χ1n) is 14.4. The highest BCUT2D eigenvalue weighted by Gasteiger charge is 2.35. The van der Waals surface area contributed by atoms with Gasteiger partial charge < -0.3 is 15.3 Å². The Hall–Kier alpha value is -4.77. The highest BCUT2D eigenvalue weighted by molar-refractivity contribution is 8.00. The Morgan fingerprint density at radius 1 is 0.977 bits per heavy atom. The second-order valence-corrected chi connectivity index (χ2v) is 12.6. The number of likely N-dealkylation sites (tertiary alicyclic amines) is 1. The number of nitrogens with one attached hydrogen (secondary N) is 2. The number of carboxylic acids is 1. The quantitative estimate of drug-likeness (QED) is 0.273. The summed E-state index contributed by atoms with van der Waals surface area (Å²) in [4.78, 5) is 55.9. The van der Waals surface area contributed by atoms with Crippen LogP contribution in [-0.2, 0) is 9.59 Å². The molecule has 1 saturated heterocycles. The van der Waals surface area contributed by atoms with Crippen molar-refractivity contribution < 1.29 is 24.3 Å². The van der Waals surface area contributed by atoms with Gasteiger partial charge in [0.1, 0.15) is 6.54 Å². The number of amides is 5. The number of hydrazine groups is 1. The molecule has 0 aromatic heterocycles. The van der Waals surface area contributed by atoms with Gasteiger partial charge in [-0.3, -0.25) is 14.5 Å². The Morgan fingerprint density at radius 2 is 1.73 bits per heavy atom. The first-order chi connectivity index (χ1) is 21.1. The molecule has 0 bridgehead atoms. The van der Waals surface area contributed by atoms with E-state index in [0.717, 1.165) is 40.7 Å². The first-order valence-corrected chi connectivity index (χ1v) is 15.4. The van der Waals surface area contributed by atoms with Crippen LogP contribution in [0, 0.1) is 5.41 Å². The number of hydrogen-bond acceptors (Lipinski definition) is 5. The van der Waals surface area contributed by atoms with Crippen molar-refractivity contribution in [3.63, 3.8) is 0 Å². The lowest BCUT2D eigenvalue weighted by atomic mass is 9.84. The summed E-state index contributed by atoms with van der Waals surface area (Å²) in [7, 11) is 0. The van der Waals surface area contributed by atoms with Gasteiger partial charge in [0.25, 0.3) is 0 Å². The highest BCUT2D eigenvalue weighted by atomic mass is 32.2. The molecule has 11 heteroatoms. The van der Waals surface area contributed by atoms with Crippen molar-refractivity contribution in [3.05, 3.63) is 96.2 Å². The molecule has 0 aliphatic carbocycles. The Balaban J connectivity index is 1.45. The van der Waals surface area contributed by atoms with Gasteiger partial charge in [0, 0.05) is 41.0 Å². The van der Waals surface area contributed by atoms with Crippen LogP contribution in [0.15, 0.2) is 90.0 Å². The molecule has 5 rings (SSSR count). The molecule has 1 fully saturated rings. The molecule has 3 aromatic carbocycles. The first kappa shape index (κ1) is 30.7. The standard InChI is InChI=1S/C33H35N5O5S/c1-33(2)16-9-17-36(22-33)29(39)20-37-28-15-7-6-14-26(28)27(23-10-4-3-5-11-23)19-38(32(37)43)35-31(42)34-24-12-8-13-25(18-24)44-21-30(40)41/h3-8,10-15,18-19H,9,16-17,20-22H2,1-2H3,(H,40,41)(H2,34,35,42). The van der Waals surface area contributed by atoms with Crippen LogP contribution in [0.25, 0.3) is 5.57 Å². The molecule has 10 nitrogen and oxygen atoms in total. The Labute approximate surface area is 260 Å². The number of anilines is 2. The Bertz CT molecular complexity index is 1590. The zero-order chi connectivity index (χ0) is 31.3. The van der Waals surface area contributed by atoms with Gasteiger partial charge in [-0.1, -0.05) is 68.4 Å². The van der Waals surface area contributed by atoms with Crippen LogP contribution in [0.2, 0.25) is 0 Å². The average molecular weight is 614 g/mol. The predicted molar refractivity (Wildman–Crippen MR) is 171 cm³/mol. The zero-order valence-electron chi connectivity index (χ0n) is 24.7. The maximum absolute atomic E-state index is 14.2. The second-order valence-electron chi connectivity index (χ2n) is 11.5. The van der Waals surface area contributed by atoms with Crippen LogP contribution < -0.4 is 15.6 Å². The number of hydrogen-bond donors (Lipinski definition) is 3. The molecule has 228 valence electrons. The van der Waals surface area contributed by atoms with E-state index in [9.17, 15) is 19.2 Å². The van der Waals surface area contributed by atoms with Crippen LogP contribution >= 0.6 is 11.8 Å². The van der Waals surface area contributed by atoms with E-state index in [0.29, 0.717) is 34.9 Å². The number of fused-ring (bicyclic) bond motifs is 1. The molecule has 2 heterocycles. The molecule has 3 N–H and O–H groups in total. The molecular weight excluding hydrogens is 578 g/mol. The van der Waals surface area contributed by atoms with Gasteiger partial charge in [-0.2, -0.15) is 0 Å². The third kappa shape index (κ3) is 7.41. The predicted octanol–water partition coefficient (Wildman–Crippen LogP) is 5.88. The second kappa shape index (κ2) is 13.3. The van der Waals surface area contributed by atoms with E-state index in [1.165, 1.54) is 4.90 Å². The van der Waals surface area contributed by atoms with E-state index in [2.05, 4.69) is 24.6 Å². The summed E-state index contributed by atoms with van der Waals surface area (Å²) >= 11 is 1.13. The van der Waals surface area contributed by atoms with E-state index < -0.39 is 18.0 Å².